The average molecular weight is 806 g/mol. The van der Waals surface area contributed by atoms with Gasteiger partial charge >= 0.3 is 0 Å². The molecule has 0 unspecified atom stereocenters. The van der Waals surface area contributed by atoms with Crippen LogP contribution in [0.3, 0.4) is 0 Å². The molecule has 0 fully saturated rings. The molecule has 1 heterocycles. The number of furan rings is 1. The third-order valence-electron chi connectivity index (χ3n) is 13.3. The molecule has 0 N–H and O–H groups in total. The number of rotatable bonds is 7. The molecule has 63 heavy (non-hydrogen) atoms. The van der Waals surface area contributed by atoms with Crippen molar-refractivity contribution in [3.63, 3.8) is 0 Å². The molecule has 0 saturated carbocycles. The van der Waals surface area contributed by atoms with Crippen LogP contribution in [0.4, 0.5) is 17.1 Å². The van der Waals surface area contributed by atoms with E-state index in [4.69, 9.17) is 4.42 Å². The van der Waals surface area contributed by atoms with Gasteiger partial charge in [0, 0.05) is 38.6 Å². The first-order valence-corrected chi connectivity index (χ1v) is 21.8. The lowest BCUT2D eigenvalue weighted by atomic mass is 9.82. The highest BCUT2D eigenvalue weighted by molar-refractivity contribution is 6.11. The van der Waals surface area contributed by atoms with E-state index >= 15 is 0 Å². The van der Waals surface area contributed by atoms with Crippen molar-refractivity contribution < 1.29 is 4.42 Å². The number of hydrogen-bond acceptors (Lipinski definition) is 2. The lowest BCUT2D eigenvalue weighted by Crippen LogP contribution is -2.15. The molecule has 0 spiro atoms. The molecular weight excluding hydrogens is 763 g/mol. The second-order valence-corrected chi connectivity index (χ2v) is 17.2. The van der Waals surface area contributed by atoms with Gasteiger partial charge in [-0.1, -0.05) is 208 Å². The van der Waals surface area contributed by atoms with Crippen LogP contribution in [-0.2, 0) is 5.41 Å². The Labute approximate surface area is 368 Å². The van der Waals surface area contributed by atoms with Gasteiger partial charge in [0.15, 0.2) is 0 Å². The fourth-order valence-electron chi connectivity index (χ4n) is 10.4. The number of anilines is 3. The zero-order chi connectivity index (χ0) is 42.1. The largest absolute Gasteiger partial charge is 0.455 e. The van der Waals surface area contributed by atoms with Crippen LogP contribution >= 0.6 is 0 Å². The van der Waals surface area contributed by atoms with Crippen LogP contribution in [0, 0.1) is 0 Å². The molecule has 0 aliphatic heterocycles. The molecule has 2 heteroatoms. The lowest BCUT2D eigenvalue weighted by molar-refractivity contribution is 0.660. The molecule has 11 aromatic rings. The molecule has 0 saturated heterocycles. The highest BCUT2D eigenvalue weighted by atomic mass is 16.3. The summed E-state index contributed by atoms with van der Waals surface area (Å²) in [7, 11) is 0. The van der Waals surface area contributed by atoms with Crippen LogP contribution in [0.1, 0.15) is 25.0 Å². The van der Waals surface area contributed by atoms with Gasteiger partial charge in [-0.05, 0) is 91.2 Å². The summed E-state index contributed by atoms with van der Waals surface area (Å²) in [5, 5.41) is 4.71. The Morgan fingerprint density at radius 3 is 1.62 bits per heavy atom. The van der Waals surface area contributed by atoms with Crippen LogP contribution in [-0.4, -0.2) is 0 Å². The van der Waals surface area contributed by atoms with Crippen molar-refractivity contribution in [2.45, 2.75) is 19.3 Å². The third kappa shape index (κ3) is 5.86. The molecule has 1 aliphatic rings. The van der Waals surface area contributed by atoms with E-state index in [1.165, 1.54) is 66.4 Å². The van der Waals surface area contributed by atoms with Crippen LogP contribution in [0.25, 0.3) is 88.3 Å². The Bertz CT molecular complexity index is 3530. The van der Waals surface area contributed by atoms with Crippen LogP contribution in [0.15, 0.2) is 229 Å². The first-order chi connectivity index (χ1) is 31.0. The van der Waals surface area contributed by atoms with Gasteiger partial charge in [0.2, 0.25) is 0 Å². The topological polar surface area (TPSA) is 16.4 Å². The normalized spacial score (nSPS) is 12.7. The van der Waals surface area contributed by atoms with Crippen LogP contribution < -0.4 is 4.90 Å². The summed E-state index contributed by atoms with van der Waals surface area (Å²) < 4.78 is 6.70. The van der Waals surface area contributed by atoms with Crippen LogP contribution in [0.5, 0.6) is 0 Å². The van der Waals surface area contributed by atoms with Gasteiger partial charge in [-0.15, -0.1) is 0 Å². The molecule has 0 bridgehead atoms. The number of para-hydroxylation sites is 4. The SMILES string of the molecule is CC1(C)c2ccccc2-c2c(-c3ccccc3N(c3ccc(-c4cccc5cccc(-c6ccccc6)c45)cc3)c3ccccc3-c3cccc4c3oc3ccccc34)cccc21. The summed E-state index contributed by atoms with van der Waals surface area (Å²) >= 11 is 0. The van der Waals surface area contributed by atoms with Gasteiger partial charge in [0.25, 0.3) is 0 Å². The van der Waals surface area contributed by atoms with E-state index in [9.17, 15) is 0 Å². The zero-order valence-electron chi connectivity index (χ0n) is 35.2. The standard InChI is InChI=1S/C61H43NO/c1-61(2)53-31-10-6-25-52(53)59-49(28-17-32-54(59)61)46-22-7-11-33-55(46)62(56-34-12-8-23-47(56)50-29-16-30-51-48-24-9-13-35-57(48)63-60(50)51)43-38-36-41(37-39-43)45-27-15-21-42-20-14-26-44(58(42)45)40-18-4-3-5-19-40/h3-39H,1-2H3. The minimum absolute atomic E-state index is 0.119. The monoisotopic (exact) mass is 805 g/mol. The molecule has 0 atom stereocenters. The van der Waals surface area contributed by atoms with E-state index in [1.807, 2.05) is 6.07 Å². The van der Waals surface area contributed by atoms with E-state index in [2.05, 4.69) is 237 Å². The smallest absolute Gasteiger partial charge is 0.143 e. The molecule has 10 aromatic carbocycles. The second-order valence-electron chi connectivity index (χ2n) is 17.2. The number of nitrogens with zero attached hydrogens (tertiary/aromatic N) is 1. The predicted molar refractivity (Wildman–Crippen MR) is 265 cm³/mol. The molecule has 0 radical (unpaired) electrons. The lowest BCUT2D eigenvalue weighted by Gasteiger charge is -2.30. The van der Waals surface area contributed by atoms with Gasteiger partial charge in [0.05, 0.1) is 11.4 Å². The molecule has 0 amide bonds. The van der Waals surface area contributed by atoms with Gasteiger partial charge < -0.3 is 9.32 Å². The highest BCUT2D eigenvalue weighted by Gasteiger charge is 2.37. The van der Waals surface area contributed by atoms with Crippen molar-refractivity contribution in [2.75, 3.05) is 4.90 Å². The Kier molecular flexibility index (Phi) is 8.55. The quantitative estimate of drug-likeness (QED) is 0.160. The fourth-order valence-corrected chi connectivity index (χ4v) is 10.4. The van der Waals surface area contributed by atoms with Crippen molar-refractivity contribution in [3.8, 4) is 55.6 Å². The zero-order valence-corrected chi connectivity index (χ0v) is 35.2. The van der Waals surface area contributed by atoms with Gasteiger partial charge in [-0.25, -0.2) is 0 Å². The summed E-state index contributed by atoms with van der Waals surface area (Å²) in [5.41, 5.74) is 19.6. The minimum atomic E-state index is -0.119. The Hall–Kier alpha value is -7.94. The Morgan fingerprint density at radius 2 is 0.873 bits per heavy atom. The van der Waals surface area contributed by atoms with Crippen molar-refractivity contribution in [3.05, 3.63) is 236 Å². The summed E-state index contributed by atoms with van der Waals surface area (Å²) in [5.74, 6) is 0. The van der Waals surface area contributed by atoms with E-state index in [0.717, 1.165) is 50.1 Å². The van der Waals surface area contributed by atoms with Gasteiger partial charge in [-0.3, -0.25) is 0 Å². The number of hydrogen-bond donors (Lipinski definition) is 0. The average Bonchev–Trinajstić information content (AvgIpc) is 3.84. The second kappa shape index (κ2) is 14.6. The number of fused-ring (bicyclic) bond motifs is 7. The maximum Gasteiger partial charge on any atom is 0.143 e. The van der Waals surface area contributed by atoms with E-state index in [-0.39, 0.29) is 5.41 Å². The van der Waals surface area contributed by atoms with Gasteiger partial charge in [0.1, 0.15) is 11.2 Å². The van der Waals surface area contributed by atoms with Gasteiger partial charge in [-0.2, -0.15) is 0 Å². The fraction of sp³-hybridized carbons (Fsp3) is 0.0492. The van der Waals surface area contributed by atoms with Crippen molar-refractivity contribution in [2.24, 2.45) is 0 Å². The molecular formula is C61H43NO. The first-order valence-electron chi connectivity index (χ1n) is 21.8. The summed E-state index contributed by atoms with van der Waals surface area (Å²) in [6, 6.07) is 81.6. The Balaban J connectivity index is 1.09. The van der Waals surface area contributed by atoms with Crippen molar-refractivity contribution in [1.82, 2.24) is 0 Å². The van der Waals surface area contributed by atoms with E-state index < -0.39 is 0 Å². The summed E-state index contributed by atoms with van der Waals surface area (Å²) in [4.78, 5) is 2.46. The number of benzene rings is 10. The molecule has 298 valence electrons. The van der Waals surface area contributed by atoms with Crippen molar-refractivity contribution in [1.29, 1.82) is 0 Å². The van der Waals surface area contributed by atoms with E-state index in [0.29, 0.717) is 0 Å². The van der Waals surface area contributed by atoms with Crippen molar-refractivity contribution >= 4 is 49.8 Å². The highest BCUT2D eigenvalue weighted by Crippen LogP contribution is 2.54. The van der Waals surface area contributed by atoms with Crippen LogP contribution in [0.2, 0.25) is 0 Å². The van der Waals surface area contributed by atoms with E-state index in [1.54, 1.807) is 0 Å². The molecule has 2 nitrogen and oxygen atoms in total. The first kappa shape index (κ1) is 36.9. The molecule has 1 aliphatic carbocycles. The maximum absolute atomic E-state index is 6.70. The summed E-state index contributed by atoms with van der Waals surface area (Å²) in [6.07, 6.45) is 0. The Morgan fingerprint density at radius 1 is 0.365 bits per heavy atom. The molecule has 1 aromatic heterocycles. The molecule has 12 rings (SSSR count). The minimum Gasteiger partial charge on any atom is -0.455 e. The predicted octanol–water partition coefficient (Wildman–Crippen LogP) is 17.2. The summed E-state index contributed by atoms with van der Waals surface area (Å²) in [6.45, 7) is 4.71. The maximum atomic E-state index is 6.70. The third-order valence-corrected chi connectivity index (χ3v) is 13.3.